The van der Waals surface area contributed by atoms with Gasteiger partial charge in [-0.3, -0.25) is 0 Å². The van der Waals surface area contributed by atoms with Gasteiger partial charge in [0.25, 0.3) is 0 Å². The van der Waals surface area contributed by atoms with Gasteiger partial charge in [-0.05, 0) is 18.6 Å². The molecule has 0 saturated heterocycles. The molecule has 1 atom stereocenters. The minimum atomic E-state index is -0.425. The summed E-state index contributed by atoms with van der Waals surface area (Å²) in [4.78, 5) is 0. The molecule has 0 saturated carbocycles. The maximum absolute atomic E-state index is 9.35. The van der Waals surface area contributed by atoms with E-state index in [1.165, 1.54) is 0 Å². The first kappa shape index (κ1) is 6.68. The summed E-state index contributed by atoms with van der Waals surface area (Å²) in [5.41, 5.74) is 2.08. The predicted molar refractivity (Wildman–Crippen MR) is 41.6 cm³/mol. The molecule has 0 bridgehead atoms. The van der Waals surface area contributed by atoms with E-state index in [9.17, 15) is 5.11 Å². The summed E-state index contributed by atoms with van der Waals surface area (Å²) in [6, 6.07) is 5.85. The third kappa shape index (κ3) is 0.994. The van der Waals surface area contributed by atoms with Crippen LogP contribution in [0.3, 0.4) is 0 Å². The maximum atomic E-state index is 9.35. The van der Waals surface area contributed by atoms with E-state index in [1.807, 2.05) is 25.1 Å². The van der Waals surface area contributed by atoms with Crippen molar-refractivity contribution in [3.05, 3.63) is 29.3 Å². The molecular formula is C9H10O2. The van der Waals surface area contributed by atoms with Crippen LogP contribution in [0.15, 0.2) is 18.2 Å². The summed E-state index contributed by atoms with van der Waals surface area (Å²) < 4.78 is 5.24. The van der Waals surface area contributed by atoms with Crippen molar-refractivity contribution in [1.29, 1.82) is 0 Å². The zero-order valence-electron chi connectivity index (χ0n) is 6.37. The van der Waals surface area contributed by atoms with E-state index in [2.05, 4.69) is 0 Å². The number of aliphatic hydroxyl groups is 1. The highest BCUT2D eigenvalue weighted by atomic mass is 16.5. The summed E-state index contributed by atoms with van der Waals surface area (Å²) in [7, 11) is 0. The van der Waals surface area contributed by atoms with E-state index >= 15 is 0 Å². The van der Waals surface area contributed by atoms with Crippen LogP contribution in [-0.2, 0) is 0 Å². The van der Waals surface area contributed by atoms with Crippen molar-refractivity contribution in [2.24, 2.45) is 0 Å². The third-order valence-corrected chi connectivity index (χ3v) is 1.92. The molecule has 11 heavy (non-hydrogen) atoms. The lowest BCUT2D eigenvalue weighted by molar-refractivity contribution is 0.140. The fourth-order valence-corrected chi connectivity index (χ4v) is 1.30. The van der Waals surface area contributed by atoms with Crippen molar-refractivity contribution in [3.8, 4) is 5.75 Å². The Morgan fingerprint density at radius 3 is 3.18 bits per heavy atom. The molecule has 1 heterocycles. The van der Waals surface area contributed by atoms with Gasteiger partial charge < -0.3 is 9.84 Å². The number of ether oxygens (including phenoxy) is 1. The topological polar surface area (TPSA) is 29.5 Å². The number of hydrogen-bond acceptors (Lipinski definition) is 2. The second-order valence-corrected chi connectivity index (χ2v) is 2.87. The van der Waals surface area contributed by atoms with Gasteiger partial charge in [0.1, 0.15) is 18.5 Å². The fourth-order valence-electron chi connectivity index (χ4n) is 1.30. The summed E-state index contributed by atoms with van der Waals surface area (Å²) in [5, 5.41) is 9.35. The van der Waals surface area contributed by atoms with Gasteiger partial charge in [0.2, 0.25) is 0 Å². The molecular weight excluding hydrogens is 140 g/mol. The normalized spacial score (nSPS) is 21.1. The molecule has 1 aromatic rings. The van der Waals surface area contributed by atoms with E-state index in [0.717, 1.165) is 16.9 Å². The van der Waals surface area contributed by atoms with Crippen LogP contribution in [0.5, 0.6) is 5.75 Å². The molecule has 2 nitrogen and oxygen atoms in total. The van der Waals surface area contributed by atoms with Crippen LogP contribution >= 0.6 is 0 Å². The highest BCUT2D eigenvalue weighted by Crippen LogP contribution is 2.32. The predicted octanol–water partition coefficient (Wildman–Crippen LogP) is 1.42. The van der Waals surface area contributed by atoms with Gasteiger partial charge in [-0.25, -0.2) is 0 Å². The van der Waals surface area contributed by atoms with Crippen LogP contribution in [0, 0.1) is 6.92 Å². The maximum Gasteiger partial charge on any atom is 0.125 e. The van der Waals surface area contributed by atoms with Crippen LogP contribution in [-0.4, -0.2) is 11.7 Å². The first-order chi connectivity index (χ1) is 5.27. The van der Waals surface area contributed by atoms with Gasteiger partial charge in [-0.2, -0.15) is 0 Å². The molecule has 0 amide bonds. The second-order valence-electron chi connectivity index (χ2n) is 2.87. The molecule has 0 radical (unpaired) electrons. The highest BCUT2D eigenvalue weighted by molar-refractivity contribution is 5.41. The minimum absolute atomic E-state index is 0.402. The Morgan fingerprint density at radius 2 is 2.36 bits per heavy atom. The van der Waals surface area contributed by atoms with Gasteiger partial charge in [0, 0.05) is 5.56 Å². The first-order valence-electron chi connectivity index (χ1n) is 3.69. The quantitative estimate of drug-likeness (QED) is 0.606. The van der Waals surface area contributed by atoms with Gasteiger partial charge in [0.15, 0.2) is 0 Å². The van der Waals surface area contributed by atoms with Crippen molar-refractivity contribution < 1.29 is 9.84 Å². The van der Waals surface area contributed by atoms with E-state index in [1.54, 1.807) is 0 Å². The van der Waals surface area contributed by atoms with Crippen LogP contribution in [0.2, 0.25) is 0 Å². The summed E-state index contributed by atoms with van der Waals surface area (Å²) >= 11 is 0. The average molecular weight is 150 g/mol. The lowest BCUT2D eigenvalue weighted by atomic mass is 10.1. The van der Waals surface area contributed by atoms with Crippen molar-refractivity contribution in [2.45, 2.75) is 13.0 Å². The van der Waals surface area contributed by atoms with Crippen LogP contribution in [0.1, 0.15) is 17.2 Å². The Hall–Kier alpha value is -1.02. The Balaban J connectivity index is 2.50. The van der Waals surface area contributed by atoms with Crippen molar-refractivity contribution in [2.75, 3.05) is 6.61 Å². The fraction of sp³-hybridized carbons (Fsp3) is 0.333. The summed E-state index contributed by atoms with van der Waals surface area (Å²) in [6.07, 6.45) is -0.425. The molecule has 0 aromatic heterocycles. The monoisotopic (exact) mass is 150 g/mol. The molecule has 0 aliphatic carbocycles. The number of aliphatic hydroxyl groups excluding tert-OH is 1. The van der Waals surface area contributed by atoms with Crippen molar-refractivity contribution in [1.82, 2.24) is 0 Å². The lowest BCUT2D eigenvalue weighted by Gasteiger charge is -1.99. The van der Waals surface area contributed by atoms with Crippen molar-refractivity contribution >= 4 is 0 Å². The van der Waals surface area contributed by atoms with E-state index in [4.69, 9.17) is 4.74 Å². The highest BCUT2D eigenvalue weighted by Gasteiger charge is 2.20. The standard InChI is InChI=1S/C9H10O2/c1-6-2-3-7-8(10)5-11-9(7)4-6/h2-4,8,10H,5H2,1H3/t8-/m0/s1. The molecule has 1 aliphatic rings. The van der Waals surface area contributed by atoms with Gasteiger partial charge >= 0.3 is 0 Å². The zero-order chi connectivity index (χ0) is 7.84. The average Bonchev–Trinajstić information content (AvgIpc) is 2.32. The SMILES string of the molecule is Cc1ccc2c(c1)OC[C@@H]2O. The van der Waals surface area contributed by atoms with E-state index < -0.39 is 6.10 Å². The molecule has 0 fully saturated rings. The summed E-state index contributed by atoms with van der Waals surface area (Å²) in [6.45, 7) is 2.41. The molecule has 1 aliphatic heterocycles. The van der Waals surface area contributed by atoms with Gasteiger partial charge in [-0.15, -0.1) is 0 Å². The number of fused-ring (bicyclic) bond motifs is 1. The number of hydrogen-bond donors (Lipinski definition) is 1. The minimum Gasteiger partial charge on any atom is -0.490 e. The molecule has 1 N–H and O–H groups in total. The Labute approximate surface area is 65.4 Å². The largest absolute Gasteiger partial charge is 0.490 e. The molecule has 0 unspecified atom stereocenters. The Morgan fingerprint density at radius 1 is 1.55 bits per heavy atom. The molecule has 58 valence electrons. The lowest BCUT2D eigenvalue weighted by Crippen LogP contribution is -1.97. The first-order valence-corrected chi connectivity index (χ1v) is 3.69. The van der Waals surface area contributed by atoms with Crippen LogP contribution in [0.4, 0.5) is 0 Å². The third-order valence-electron chi connectivity index (χ3n) is 1.92. The van der Waals surface area contributed by atoms with Crippen LogP contribution in [0.25, 0.3) is 0 Å². The van der Waals surface area contributed by atoms with E-state index in [0.29, 0.717) is 6.61 Å². The number of aryl methyl sites for hydroxylation is 1. The van der Waals surface area contributed by atoms with Gasteiger partial charge in [0.05, 0.1) is 0 Å². The Kier molecular flexibility index (Phi) is 1.36. The smallest absolute Gasteiger partial charge is 0.125 e. The zero-order valence-corrected chi connectivity index (χ0v) is 6.37. The van der Waals surface area contributed by atoms with E-state index in [-0.39, 0.29) is 0 Å². The molecule has 1 aromatic carbocycles. The molecule has 2 heteroatoms. The van der Waals surface area contributed by atoms with Crippen LogP contribution < -0.4 is 4.74 Å². The number of rotatable bonds is 0. The Bertz CT molecular complexity index is 281. The van der Waals surface area contributed by atoms with Gasteiger partial charge in [-0.1, -0.05) is 12.1 Å². The number of benzene rings is 1. The molecule has 0 spiro atoms. The summed E-state index contributed by atoms with van der Waals surface area (Å²) in [5.74, 6) is 0.831. The van der Waals surface area contributed by atoms with Crippen molar-refractivity contribution in [3.63, 3.8) is 0 Å². The molecule has 2 rings (SSSR count). The second kappa shape index (κ2) is 2.24.